The molecule has 0 aliphatic carbocycles. The molecule has 1 aromatic carbocycles. The van der Waals surface area contributed by atoms with Gasteiger partial charge in [0.25, 0.3) is 5.91 Å². The number of nitrogens with zero attached hydrogens (tertiary/aromatic N) is 1. The van der Waals surface area contributed by atoms with Gasteiger partial charge in [0.2, 0.25) is 0 Å². The average molecular weight is 278 g/mol. The number of hydrogen-bond acceptors (Lipinski definition) is 2. The van der Waals surface area contributed by atoms with Crippen molar-refractivity contribution in [1.29, 1.82) is 0 Å². The largest absolute Gasteiger partial charge is 0.352 e. The summed E-state index contributed by atoms with van der Waals surface area (Å²) in [5.74, 6) is 0.307. The van der Waals surface area contributed by atoms with Crippen molar-refractivity contribution < 1.29 is 9.18 Å². The van der Waals surface area contributed by atoms with Crippen molar-refractivity contribution in [3.63, 3.8) is 0 Å². The quantitative estimate of drug-likeness (QED) is 0.918. The summed E-state index contributed by atoms with van der Waals surface area (Å²) >= 11 is 0. The Balaban J connectivity index is 1.77. The van der Waals surface area contributed by atoms with Crippen molar-refractivity contribution in [2.45, 2.75) is 26.2 Å². The lowest BCUT2D eigenvalue weighted by Crippen LogP contribution is -2.32. The Bertz CT molecular complexity index is 468. The number of piperidine rings is 1. The van der Waals surface area contributed by atoms with Crippen LogP contribution in [0.4, 0.5) is 4.39 Å². The molecule has 0 radical (unpaired) electrons. The summed E-state index contributed by atoms with van der Waals surface area (Å²) in [6.45, 7) is 4.75. The predicted molar refractivity (Wildman–Crippen MR) is 78.3 cm³/mol. The molecule has 0 bridgehead atoms. The zero-order chi connectivity index (χ0) is 14.5. The van der Waals surface area contributed by atoms with E-state index in [1.807, 2.05) is 0 Å². The van der Waals surface area contributed by atoms with E-state index in [2.05, 4.69) is 17.3 Å². The van der Waals surface area contributed by atoms with E-state index < -0.39 is 0 Å². The number of carbonyl (C=O) groups is 1. The van der Waals surface area contributed by atoms with Gasteiger partial charge < -0.3 is 10.2 Å². The number of halogens is 1. The van der Waals surface area contributed by atoms with Gasteiger partial charge in [-0.3, -0.25) is 4.79 Å². The van der Waals surface area contributed by atoms with Gasteiger partial charge in [-0.1, -0.05) is 0 Å². The lowest BCUT2D eigenvalue weighted by molar-refractivity contribution is 0.0948. The van der Waals surface area contributed by atoms with Crippen molar-refractivity contribution >= 4 is 5.91 Å². The number of likely N-dealkylation sites (tertiary alicyclic amines) is 1. The third kappa shape index (κ3) is 4.04. The Morgan fingerprint density at radius 2 is 2.10 bits per heavy atom. The number of aryl methyl sites for hydroxylation is 1. The van der Waals surface area contributed by atoms with Crippen molar-refractivity contribution in [1.82, 2.24) is 10.2 Å². The smallest absolute Gasteiger partial charge is 0.251 e. The Hall–Kier alpha value is -1.42. The number of nitrogens with one attached hydrogen (secondary N) is 1. The van der Waals surface area contributed by atoms with E-state index in [-0.39, 0.29) is 11.7 Å². The maximum Gasteiger partial charge on any atom is 0.251 e. The van der Waals surface area contributed by atoms with Crippen molar-refractivity contribution in [3.05, 3.63) is 35.1 Å². The van der Waals surface area contributed by atoms with Crippen molar-refractivity contribution in [3.8, 4) is 0 Å². The first-order valence-corrected chi connectivity index (χ1v) is 7.29. The normalized spacial score (nSPS) is 17.1. The molecule has 1 amide bonds. The number of hydrogen-bond donors (Lipinski definition) is 1. The number of rotatable bonds is 4. The van der Waals surface area contributed by atoms with Crippen LogP contribution in [-0.4, -0.2) is 37.5 Å². The van der Waals surface area contributed by atoms with Crippen LogP contribution in [0.2, 0.25) is 0 Å². The van der Waals surface area contributed by atoms with E-state index in [1.165, 1.54) is 25.0 Å². The second kappa shape index (κ2) is 6.84. The average Bonchev–Trinajstić information content (AvgIpc) is 2.41. The first-order chi connectivity index (χ1) is 9.56. The summed E-state index contributed by atoms with van der Waals surface area (Å²) in [6, 6.07) is 4.28. The molecule has 1 saturated heterocycles. The highest BCUT2D eigenvalue weighted by Gasteiger charge is 2.16. The molecule has 1 aromatic rings. The Kier molecular flexibility index (Phi) is 5.12. The number of benzene rings is 1. The summed E-state index contributed by atoms with van der Waals surface area (Å²) in [7, 11) is 2.15. The molecule has 1 fully saturated rings. The fourth-order valence-electron chi connectivity index (χ4n) is 2.72. The lowest BCUT2D eigenvalue weighted by Gasteiger charge is -2.28. The predicted octanol–water partition coefficient (Wildman–Crippen LogP) is 2.60. The van der Waals surface area contributed by atoms with E-state index in [9.17, 15) is 9.18 Å². The van der Waals surface area contributed by atoms with Gasteiger partial charge in [0, 0.05) is 12.1 Å². The highest BCUT2D eigenvalue weighted by molar-refractivity contribution is 5.95. The van der Waals surface area contributed by atoms with Crippen LogP contribution in [0.1, 0.15) is 35.2 Å². The number of amides is 1. The molecule has 4 heteroatoms. The van der Waals surface area contributed by atoms with Gasteiger partial charge in [-0.25, -0.2) is 4.39 Å². The van der Waals surface area contributed by atoms with Gasteiger partial charge in [0.1, 0.15) is 5.82 Å². The van der Waals surface area contributed by atoms with E-state index in [0.29, 0.717) is 23.6 Å². The van der Waals surface area contributed by atoms with Gasteiger partial charge in [-0.2, -0.15) is 0 Å². The minimum absolute atomic E-state index is 0.101. The number of carbonyl (C=O) groups excluding carboxylic acids is 1. The Morgan fingerprint density at radius 3 is 2.75 bits per heavy atom. The maximum absolute atomic E-state index is 13.0. The summed E-state index contributed by atoms with van der Waals surface area (Å²) in [4.78, 5) is 14.4. The highest BCUT2D eigenvalue weighted by atomic mass is 19.1. The fraction of sp³-hybridized carbons (Fsp3) is 0.562. The van der Waals surface area contributed by atoms with Crippen LogP contribution in [0.15, 0.2) is 18.2 Å². The molecule has 1 aliphatic rings. The van der Waals surface area contributed by atoms with Crippen LogP contribution in [0.3, 0.4) is 0 Å². The molecular weight excluding hydrogens is 255 g/mol. The third-order valence-electron chi connectivity index (χ3n) is 4.11. The molecule has 0 spiro atoms. The standard InChI is InChI=1S/C16H23FN2O/c1-12-11-14(17)3-4-15(12)16(20)18-8-5-13-6-9-19(2)10-7-13/h3-4,11,13H,5-10H2,1-2H3,(H,18,20). The minimum Gasteiger partial charge on any atom is -0.352 e. The second-order valence-electron chi connectivity index (χ2n) is 5.75. The topological polar surface area (TPSA) is 32.3 Å². The molecule has 0 saturated carbocycles. The third-order valence-corrected chi connectivity index (χ3v) is 4.11. The minimum atomic E-state index is -0.301. The first kappa shape index (κ1) is 15.0. The maximum atomic E-state index is 13.0. The molecule has 1 heterocycles. The van der Waals surface area contributed by atoms with Gasteiger partial charge in [0.05, 0.1) is 0 Å². The molecule has 0 aromatic heterocycles. The van der Waals surface area contributed by atoms with Crippen molar-refractivity contribution in [2.24, 2.45) is 5.92 Å². The zero-order valence-electron chi connectivity index (χ0n) is 12.3. The van der Waals surface area contributed by atoms with Crippen LogP contribution in [0.25, 0.3) is 0 Å². The van der Waals surface area contributed by atoms with Crippen LogP contribution < -0.4 is 5.32 Å². The van der Waals surface area contributed by atoms with Crippen molar-refractivity contribution in [2.75, 3.05) is 26.7 Å². The molecule has 2 rings (SSSR count). The van der Waals surface area contributed by atoms with E-state index in [4.69, 9.17) is 0 Å². The second-order valence-corrected chi connectivity index (χ2v) is 5.75. The molecule has 3 nitrogen and oxygen atoms in total. The Morgan fingerprint density at radius 1 is 1.40 bits per heavy atom. The monoisotopic (exact) mass is 278 g/mol. The highest BCUT2D eigenvalue weighted by Crippen LogP contribution is 2.18. The summed E-state index contributed by atoms with van der Waals surface area (Å²) in [6.07, 6.45) is 3.45. The molecule has 20 heavy (non-hydrogen) atoms. The fourth-order valence-corrected chi connectivity index (χ4v) is 2.72. The summed E-state index contributed by atoms with van der Waals surface area (Å²) in [5, 5.41) is 2.94. The van der Waals surface area contributed by atoms with Crippen LogP contribution in [-0.2, 0) is 0 Å². The van der Waals surface area contributed by atoms with Crippen LogP contribution in [0.5, 0.6) is 0 Å². The molecular formula is C16H23FN2O. The van der Waals surface area contributed by atoms with Gasteiger partial charge in [-0.05, 0) is 76.0 Å². The summed E-state index contributed by atoms with van der Waals surface area (Å²) < 4.78 is 13.0. The van der Waals surface area contributed by atoms with E-state index in [0.717, 1.165) is 19.5 Å². The van der Waals surface area contributed by atoms with Crippen LogP contribution >= 0.6 is 0 Å². The molecule has 0 unspecified atom stereocenters. The van der Waals surface area contributed by atoms with E-state index in [1.54, 1.807) is 13.0 Å². The van der Waals surface area contributed by atoms with Crippen LogP contribution in [0, 0.1) is 18.7 Å². The summed E-state index contributed by atoms with van der Waals surface area (Å²) in [5.41, 5.74) is 1.25. The van der Waals surface area contributed by atoms with Gasteiger partial charge in [-0.15, -0.1) is 0 Å². The molecule has 110 valence electrons. The van der Waals surface area contributed by atoms with E-state index >= 15 is 0 Å². The first-order valence-electron chi connectivity index (χ1n) is 7.29. The SMILES string of the molecule is Cc1cc(F)ccc1C(=O)NCCC1CCN(C)CC1. The molecule has 0 atom stereocenters. The lowest BCUT2D eigenvalue weighted by atomic mass is 9.94. The van der Waals surface area contributed by atoms with Gasteiger partial charge >= 0.3 is 0 Å². The van der Waals surface area contributed by atoms with Gasteiger partial charge in [0.15, 0.2) is 0 Å². The zero-order valence-corrected chi connectivity index (χ0v) is 12.3. The Labute approximate surface area is 120 Å². The molecule has 1 aliphatic heterocycles. The molecule has 1 N–H and O–H groups in total.